The highest BCUT2D eigenvalue weighted by atomic mass is 32.2. The van der Waals surface area contributed by atoms with Gasteiger partial charge in [-0.1, -0.05) is 0 Å². The Bertz CT molecular complexity index is 695. The summed E-state index contributed by atoms with van der Waals surface area (Å²) < 4.78 is 27.7. The van der Waals surface area contributed by atoms with Crippen LogP contribution >= 0.6 is 0 Å². The van der Waals surface area contributed by atoms with Crippen molar-refractivity contribution in [2.24, 2.45) is 22.7 Å². The van der Waals surface area contributed by atoms with Gasteiger partial charge in [0.25, 0.3) is 0 Å². The minimum Gasteiger partial charge on any atom is -0.426 e. The number of carbonyl (C=O) groups excluding carboxylic acids is 1. The molecule has 1 aromatic rings. The molecule has 9 heteroatoms. The predicted molar refractivity (Wildman–Crippen MR) is 88.8 cm³/mol. The zero-order valence-electron chi connectivity index (χ0n) is 13.2. The summed E-state index contributed by atoms with van der Waals surface area (Å²) in [4.78, 5) is 12.2. The topological polar surface area (TPSA) is 148 Å². The van der Waals surface area contributed by atoms with Gasteiger partial charge < -0.3 is 15.8 Å². The smallest absolute Gasteiger partial charge is 0.314 e. The molecule has 24 heavy (non-hydrogen) atoms. The summed E-state index contributed by atoms with van der Waals surface area (Å²) in [6.45, 7) is 0.645. The molecule has 0 bridgehead atoms. The average molecular weight is 354 g/mol. The molecule has 0 aliphatic heterocycles. The Kier molecular flexibility index (Phi) is 5.79. The monoisotopic (exact) mass is 354 g/mol. The van der Waals surface area contributed by atoms with Gasteiger partial charge >= 0.3 is 5.97 Å². The van der Waals surface area contributed by atoms with Crippen molar-refractivity contribution in [3.63, 3.8) is 0 Å². The molecule has 0 saturated heterocycles. The molecule has 0 atom stereocenters. The molecule has 6 N–H and O–H groups in total. The van der Waals surface area contributed by atoms with E-state index in [2.05, 4.69) is 5.32 Å². The molecule has 0 radical (unpaired) electrons. The fourth-order valence-corrected chi connectivity index (χ4v) is 3.27. The van der Waals surface area contributed by atoms with E-state index >= 15 is 0 Å². The van der Waals surface area contributed by atoms with Crippen molar-refractivity contribution in [3.8, 4) is 5.75 Å². The first-order valence-corrected chi connectivity index (χ1v) is 9.23. The fourth-order valence-electron chi connectivity index (χ4n) is 2.75. The molecule has 132 valence electrons. The van der Waals surface area contributed by atoms with Crippen molar-refractivity contribution in [3.05, 3.63) is 24.3 Å². The van der Waals surface area contributed by atoms with Crippen molar-refractivity contribution < 1.29 is 17.9 Å². The Hall–Kier alpha value is -2.13. The second kappa shape index (κ2) is 7.63. The summed E-state index contributed by atoms with van der Waals surface area (Å²) in [5, 5.41) is 15.0. The first kappa shape index (κ1) is 18.2. The Morgan fingerprint density at radius 3 is 2.29 bits per heavy atom. The summed E-state index contributed by atoms with van der Waals surface area (Å²) >= 11 is 0. The van der Waals surface area contributed by atoms with Crippen LogP contribution in [0.5, 0.6) is 5.75 Å². The van der Waals surface area contributed by atoms with Crippen molar-refractivity contribution in [2.45, 2.75) is 30.6 Å². The van der Waals surface area contributed by atoms with E-state index in [1.807, 2.05) is 0 Å². The molecule has 0 unspecified atom stereocenters. The van der Waals surface area contributed by atoms with Gasteiger partial charge in [0.05, 0.1) is 10.8 Å². The first-order valence-electron chi connectivity index (χ1n) is 7.68. The third kappa shape index (κ3) is 5.20. The molecule has 1 fully saturated rings. The molecule has 0 amide bonds. The van der Waals surface area contributed by atoms with Crippen LogP contribution in [0.4, 0.5) is 0 Å². The van der Waals surface area contributed by atoms with E-state index in [0.29, 0.717) is 18.2 Å². The largest absolute Gasteiger partial charge is 0.426 e. The SMILES string of the molecule is N=C(N)NC[C@H]1CC[C@H](C(=O)Oc2ccc(S(N)(=O)=O)cc2)CC1. The van der Waals surface area contributed by atoms with Gasteiger partial charge in [-0.15, -0.1) is 0 Å². The number of hydrogen-bond acceptors (Lipinski definition) is 5. The van der Waals surface area contributed by atoms with Crippen LogP contribution in [0.3, 0.4) is 0 Å². The second-order valence-corrected chi connectivity index (χ2v) is 7.51. The summed E-state index contributed by atoms with van der Waals surface area (Å²) in [7, 11) is -3.76. The number of sulfonamides is 1. The number of guanidine groups is 1. The highest BCUT2D eigenvalue weighted by Gasteiger charge is 2.27. The minimum absolute atomic E-state index is 0.0271. The Balaban J connectivity index is 1.84. The van der Waals surface area contributed by atoms with E-state index in [4.69, 9.17) is 21.0 Å². The maximum atomic E-state index is 12.2. The zero-order chi connectivity index (χ0) is 17.7. The van der Waals surface area contributed by atoms with Crippen molar-refractivity contribution in [2.75, 3.05) is 6.54 Å². The van der Waals surface area contributed by atoms with Crippen LogP contribution in [0.1, 0.15) is 25.7 Å². The second-order valence-electron chi connectivity index (χ2n) is 5.95. The molecule has 0 spiro atoms. The molecule has 1 aliphatic rings. The summed E-state index contributed by atoms with van der Waals surface area (Å²) in [6, 6.07) is 5.45. The molecule has 8 nitrogen and oxygen atoms in total. The molecule has 1 aromatic carbocycles. The van der Waals surface area contributed by atoms with E-state index in [9.17, 15) is 13.2 Å². The highest BCUT2D eigenvalue weighted by molar-refractivity contribution is 7.89. The number of esters is 1. The summed E-state index contributed by atoms with van der Waals surface area (Å²) in [5.41, 5.74) is 5.26. The van der Waals surface area contributed by atoms with Crippen LogP contribution in [0, 0.1) is 17.2 Å². The molecule has 1 aliphatic carbocycles. The van der Waals surface area contributed by atoms with Gasteiger partial charge in [0, 0.05) is 6.54 Å². The van der Waals surface area contributed by atoms with Crippen LogP contribution in [0.25, 0.3) is 0 Å². The predicted octanol–water partition coefficient (Wildman–Crippen LogP) is 0.529. The van der Waals surface area contributed by atoms with Gasteiger partial charge in [0.15, 0.2) is 5.96 Å². The number of nitrogens with two attached hydrogens (primary N) is 2. The van der Waals surface area contributed by atoms with Gasteiger partial charge in [0.2, 0.25) is 10.0 Å². The molecule has 1 saturated carbocycles. The quantitative estimate of drug-likeness (QED) is 0.262. The number of benzene rings is 1. The van der Waals surface area contributed by atoms with Crippen molar-refractivity contribution in [1.29, 1.82) is 5.41 Å². The lowest BCUT2D eigenvalue weighted by molar-refractivity contribution is -0.140. The van der Waals surface area contributed by atoms with Crippen molar-refractivity contribution >= 4 is 22.0 Å². The Morgan fingerprint density at radius 2 is 1.79 bits per heavy atom. The van der Waals surface area contributed by atoms with Crippen LogP contribution in [0.15, 0.2) is 29.2 Å². The van der Waals surface area contributed by atoms with Gasteiger partial charge in [-0.3, -0.25) is 10.2 Å². The summed E-state index contributed by atoms with van der Waals surface area (Å²) in [6.07, 6.45) is 3.17. The zero-order valence-corrected chi connectivity index (χ0v) is 14.0. The third-order valence-electron chi connectivity index (χ3n) is 4.13. The molecule has 0 aromatic heterocycles. The lowest BCUT2D eigenvalue weighted by Gasteiger charge is -2.27. The molecule has 2 rings (SSSR count). The third-order valence-corrected chi connectivity index (χ3v) is 5.06. The normalized spacial score (nSPS) is 21.0. The van der Waals surface area contributed by atoms with Gasteiger partial charge in [0.1, 0.15) is 5.75 Å². The van der Waals surface area contributed by atoms with Gasteiger partial charge in [-0.25, -0.2) is 13.6 Å². The standard InChI is InChI=1S/C15H22N4O4S/c16-15(17)19-9-10-1-3-11(4-2-10)14(20)23-12-5-7-13(8-6-12)24(18,21)22/h5-8,10-11H,1-4,9H2,(H4,16,17,19)(H2,18,21,22)/t10-,11-. The highest BCUT2D eigenvalue weighted by Crippen LogP contribution is 2.29. The molecular weight excluding hydrogens is 332 g/mol. The van der Waals surface area contributed by atoms with E-state index < -0.39 is 10.0 Å². The van der Waals surface area contributed by atoms with Gasteiger partial charge in [-0.05, 0) is 55.9 Å². The van der Waals surface area contributed by atoms with Crippen LogP contribution in [-0.2, 0) is 14.8 Å². The van der Waals surface area contributed by atoms with E-state index in [-0.39, 0.29) is 22.7 Å². The number of ether oxygens (including phenoxy) is 1. The Morgan fingerprint density at radius 1 is 1.21 bits per heavy atom. The molecule has 0 heterocycles. The van der Waals surface area contributed by atoms with E-state index in [0.717, 1.165) is 25.7 Å². The molecular formula is C15H22N4O4S. The minimum atomic E-state index is -3.76. The van der Waals surface area contributed by atoms with Crippen LogP contribution < -0.4 is 20.9 Å². The van der Waals surface area contributed by atoms with Crippen LogP contribution in [0.2, 0.25) is 0 Å². The van der Waals surface area contributed by atoms with E-state index in [1.165, 1.54) is 24.3 Å². The average Bonchev–Trinajstić information content (AvgIpc) is 2.53. The number of carbonyl (C=O) groups is 1. The Labute approximate surface area is 141 Å². The number of hydrogen-bond donors (Lipinski definition) is 4. The van der Waals surface area contributed by atoms with E-state index in [1.54, 1.807) is 0 Å². The number of nitrogens with one attached hydrogen (secondary N) is 2. The fraction of sp³-hybridized carbons (Fsp3) is 0.467. The van der Waals surface area contributed by atoms with Crippen molar-refractivity contribution in [1.82, 2.24) is 5.32 Å². The van der Waals surface area contributed by atoms with Gasteiger partial charge in [-0.2, -0.15) is 0 Å². The number of primary sulfonamides is 1. The number of rotatable bonds is 5. The van der Waals surface area contributed by atoms with Crippen LogP contribution in [-0.4, -0.2) is 26.9 Å². The summed E-state index contributed by atoms with van der Waals surface area (Å²) in [5.74, 6) is 0.173. The maximum absolute atomic E-state index is 12.2. The first-order chi connectivity index (χ1) is 11.3. The lowest BCUT2D eigenvalue weighted by Crippen LogP contribution is -2.36. The lowest BCUT2D eigenvalue weighted by atomic mass is 9.82. The maximum Gasteiger partial charge on any atom is 0.314 e.